The van der Waals surface area contributed by atoms with Gasteiger partial charge in [-0.15, -0.1) is 11.3 Å². The fourth-order valence-corrected chi connectivity index (χ4v) is 2.54. The van der Waals surface area contributed by atoms with Gasteiger partial charge in [0, 0.05) is 30.4 Å². The average Bonchev–Trinajstić information content (AvgIpc) is 2.86. The first-order valence-electron chi connectivity index (χ1n) is 6.00. The number of carbonyl (C=O) groups excluding carboxylic acids is 1. The van der Waals surface area contributed by atoms with Gasteiger partial charge in [0.25, 0.3) is 0 Å². The van der Waals surface area contributed by atoms with E-state index in [1.54, 1.807) is 11.3 Å². The Hall–Kier alpha value is -1.40. The van der Waals surface area contributed by atoms with Gasteiger partial charge in [0.05, 0.1) is 12.1 Å². The molecule has 2 rings (SSSR count). The van der Waals surface area contributed by atoms with Crippen LogP contribution in [0.4, 0.5) is 0 Å². The Morgan fingerprint density at radius 1 is 1.67 bits per heavy atom. The molecule has 0 saturated carbocycles. The fraction of sp³-hybridized carbons (Fsp3) is 0.500. The van der Waals surface area contributed by atoms with Gasteiger partial charge in [0.15, 0.2) is 4.96 Å². The monoisotopic (exact) mass is 267 g/mol. The lowest BCUT2D eigenvalue weighted by Crippen LogP contribution is -2.33. The molecular formula is C12H17N3O2S. The van der Waals surface area contributed by atoms with Crippen molar-refractivity contribution < 1.29 is 9.90 Å². The first kappa shape index (κ1) is 13.0. The van der Waals surface area contributed by atoms with Gasteiger partial charge in [0.1, 0.15) is 0 Å². The summed E-state index contributed by atoms with van der Waals surface area (Å²) < 4.78 is 1.92. The highest BCUT2D eigenvalue weighted by atomic mass is 32.1. The largest absolute Gasteiger partial charge is 0.396 e. The summed E-state index contributed by atoms with van der Waals surface area (Å²) in [5.41, 5.74) is 0.786. The first-order valence-corrected chi connectivity index (χ1v) is 6.88. The molecule has 1 unspecified atom stereocenters. The smallest absolute Gasteiger partial charge is 0.226 e. The summed E-state index contributed by atoms with van der Waals surface area (Å²) in [6.45, 7) is 2.11. The number of aliphatic hydroxyl groups excluding tert-OH is 1. The topological polar surface area (TPSA) is 66.6 Å². The molecule has 2 aromatic rings. The second kappa shape index (κ2) is 5.97. The maximum Gasteiger partial charge on any atom is 0.226 e. The Morgan fingerprint density at radius 3 is 3.22 bits per heavy atom. The number of rotatable bonds is 6. The van der Waals surface area contributed by atoms with Gasteiger partial charge in [-0.3, -0.25) is 9.20 Å². The van der Waals surface area contributed by atoms with E-state index in [2.05, 4.69) is 10.3 Å². The number of fused-ring (bicyclic) bond motifs is 1. The zero-order valence-electron chi connectivity index (χ0n) is 10.3. The molecule has 2 heterocycles. The number of hydrogen-bond acceptors (Lipinski definition) is 4. The Morgan fingerprint density at radius 2 is 2.50 bits per heavy atom. The number of aliphatic hydroxyl groups is 1. The Labute approximate surface area is 109 Å². The molecule has 1 atom stereocenters. The summed E-state index contributed by atoms with van der Waals surface area (Å²) in [4.78, 5) is 17.0. The summed E-state index contributed by atoms with van der Waals surface area (Å²) in [6.07, 6.45) is 5.61. The maximum absolute atomic E-state index is 11.8. The van der Waals surface area contributed by atoms with Crippen molar-refractivity contribution in [1.29, 1.82) is 0 Å². The maximum atomic E-state index is 11.8. The van der Waals surface area contributed by atoms with Crippen LogP contribution in [0, 0.1) is 0 Å². The van der Waals surface area contributed by atoms with E-state index in [1.165, 1.54) is 0 Å². The predicted molar refractivity (Wildman–Crippen MR) is 70.7 cm³/mol. The van der Waals surface area contributed by atoms with Crippen LogP contribution in [0.5, 0.6) is 0 Å². The van der Waals surface area contributed by atoms with Gasteiger partial charge in [-0.2, -0.15) is 0 Å². The van der Waals surface area contributed by atoms with Crippen molar-refractivity contribution in [1.82, 2.24) is 14.7 Å². The number of imidazole rings is 1. The van der Waals surface area contributed by atoms with Gasteiger partial charge in [-0.1, -0.05) is 0 Å². The van der Waals surface area contributed by atoms with Gasteiger partial charge < -0.3 is 10.4 Å². The van der Waals surface area contributed by atoms with Crippen LogP contribution in [0.15, 0.2) is 17.8 Å². The minimum absolute atomic E-state index is 0.0220. The molecule has 0 aliphatic heterocycles. The predicted octanol–water partition coefficient (Wildman–Crippen LogP) is 1.22. The number of nitrogens with one attached hydrogen (secondary N) is 1. The molecule has 5 nitrogen and oxygen atoms in total. The summed E-state index contributed by atoms with van der Waals surface area (Å²) in [5, 5.41) is 13.6. The molecular weight excluding hydrogens is 250 g/mol. The molecule has 0 spiro atoms. The molecule has 0 aliphatic rings. The first-order chi connectivity index (χ1) is 8.69. The van der Waals surface area contributed by atoms with Crippen molar-refractivity contribution in [2.24, 2.45) is 0 Å². The number of nitrogens with zero attached hydrogens (tertiary/aromatic N) is 2. The van der Waals surface area contributed by atoms with Crippen LogP contribution < -0.4 is 5.32 Å². The summed E-state index contributed by atoms with van der Waals surface area (Å²) >= 11 is 1.55. The molecule has 0 fully saturated rings. The Bertz CT molecular complexity index is 492. The molecule has 98 valence electrons. The molecule has 2 aromatic heterocycles. The van der Waals surface area contributed by atoms with Gasteiger partial charge in [-0.25, -0.2) is 4.98 Å². The molecule has 0 saturated heterocycles. The quantitative estimate of drug-likeness (QED) is 0.827. The van der Waals surface area contributed by atoms with E-state index in [0.717, 1.165) is 17.1 Å². The highest BCUT2D eigenvalue weighted by Crippen LogP contribution is 2.11. The molecule has 0 aromatic carbocycles. The fourth-order valence-electron chi connectivity index (χ4n) is 1.82. The van der Waals surface area contributed by atoms with Crippen molar-refractivity contribution in [2.45, 2.75) is 32.2 Å². The van der Waals surface area contributed by atoms with Gasteiger partial charge >= 0.3 is 0 Å². The average molecular weight is 267 g/mol. The standard InChI is InChI=1S/C12H17N3O2S/c1-9(3-2-5-16)13-11(17)7-10-8-15-4-6-18-12(15)14-10/h4,6,8-9,16H,2-3,5,7H2,1H3,(H,13,17). The van der Waals surface area contributed by atoms with E-state index < -0.39 is 0 Å². The lowest BCUT2D eigenvalue weighted by atomic mass is 10.2. The van der Waals surface area contributed by atoms with Crippen LogP contribution >= 0.6 is 11.3 Å². The van der Waals surface area contributed by atoms with E-state index in [-0.39, 0.29) is 18.6 Å². The number of aromatic nitrogens is 2. The molecule has 6 heteroatoms. The van der Waals surface area contributed by atoms with Crippen molar-refractivity contribution in [3.63, 3.8) is 0 Å². The summed E-state index contributed by atoms with van der Waals surface area (Å²) in [5.74, 6) is -0.0220. The molecule has 2 N–H and O–H groups in total. The van der Waals surface area contributed by atoms with Crippen LogP contribution in [0.25, 0.3) is 4.96 Å². The van der Waals surface area contributed by atoms with Crippen molar-refractivity contribution >= 4 is 22.2 Å². The lowest BCUT2D eigenvalue weighted by Gasteiger charge is -2.12. The van der Waals surface area contributed by atoms with Crippen molar-refractivity contribution in [2.75, 3.05) is 6.61 Å². The third kappa shape index (κ3) is 3.30. The van der Waals surface area contributed by atoms with E-state index in [9.17, 15) is 4.79 Å². The van der Waals surface area contributed by atoms with Crippen LogP contribution in [0.3, 0.4) is 0 Å². The molecule has 18 heavy (non-hydrogen) atoms. The van der Waals surface area contributed by atoms with Crippen LogP contribution in [-0.2, 0) is 11.2 Å². The van der Waals surface area contributed by atoms with E-state index in [1.807, 2.05) is 29.1 Å². The highest BCUT2D eigenvalue weighted by molar-refractivity contribution is 7.15. The van der Waals surface area contributed by atoms with E-state index in [4.69, 9.17) is 5.11 Å². The normalized spacial score (nSPS) is 12.8. The van der Waals surface area contributed by atoms with Crippen molar-refractivity contribution in [3.8, 4) is 0 Å². The molecule has 0 radical (unpaired) electrons. The van der Waals surface area contributed by atoms with Gasteiger partial charge in [0.2, 0.25) is 5.91 Å². The third-order valence-electron chi connectivity index (χ3n) is 2.69. The number of thiazole rings is 1. The van der Waals surface area contributed by atoms with Crippen LogP contribution in [0.1, 0.15) is 25.5 Å². The summed E-state index contributed by atoms with van der Waals surface area (Å²) in [6, 6.07) is 0.0911. The minimum atomic E-state index is -0.0220. The highest BCUT2D eigenvalue weighted by Gasteiger charge is 2.10. The second-order valence-electron chi connectivity index (χ2n) is 4.34. The summed E-state index contributed by atoms with van der Waals surface area (Å²) in [7, 11) is 0. The molecule has 0 bridgehead atoms. The van der Waals surface area contributed by atoms with Gasteiger partial charge in [-0.05, 0) is 19.8 Å². The van der Waals surface area contributed by atoms with Crippen LogP contribution in [0.2, 0.25) is 0 Å². The SMILES string of the molecule is CC(CCCO)NC(=O)Cc1cn2ccsc2n1. The van der Waals surface area contributed by atoms with Crippen molar-refractivity contribution in [3.05, 3.63) is 23.5 Å². The zero-order valence-corrected chi connectivity index (χ0v) is 11.1. The lowest BCUT2D eigenvalue weighted by molar-refractivity contribution is -0.121. The van der Waals surface area contributed by atoms with Crippen LogP contribution in [-0.4, -0.2) is 33.0 Å². The minimum Gasteiger partial charge on any atom is -0.396 e. The Balaban J connectivity index is 1.85. The number of carbonyl (C=O) groups is 1. The molecule has 1 amide bonds. The third-order valence-corrected chi connectivity index (χ3v) is 3.46. The Kier molecular flexibility index (Phi) is 4.33. The number of amides is 1. The number of hydrogen-bond donors (Lipinski definition) is 2. The second-order valence-corrected chi connectivity index (χ2v) is 5.21. The molecule has 0 aliphatic carbocycles. The van der Waals surface area contributed by atoms with E-state index in [0.29, 0.717) is 12.8 Å². The van der Waals surface area contributed by atoms with E-state index >= 15 is 0 Å². The zero-order chi connectivity index (χ0) is 13.0.